The lowest BCUT2D eigenvalue weighted by Crippen LogP contribution is -2.46. The van der Waals surface area contributed by atoms with Gasteiger partial charge < -0.3 is 15.4 Å². The van der Waals surface area contributed by atoms with Crippen LogP contribution in [0.1, 0.15) is 39.5 Å². The molecule has 4 heteroatoms. The minimum Gasteiger partial charge on any atom is -0.377 e. The van der Waals surface area contributed by atoms with Gasteiger partial charge in [-0.25, -0.2) is 0 Å². The number of hydrogen-bond donors (Lipinski definition) is 1. The van der Waals surface area contributed by atoms with Gasteiger partial charge in [0.15, 0.2) is 0 Å². The summed E-state index contributed by atoms with van der Waals surface area (Å²) < 4.78 is 5.47. The number of hydrogen-bond acceptors (Lipinski definition) is 3. The molecule has 2 N–H and O–H groups in total. The van der Waals surface area contributed by atoms with E-state index in [0.717, 1.165) is 25.7 Å². The van der Waals surface area contributed by atoms with Gasteiger partial charge in [-0.3, -0.25) is 4.79 Å². The van der Waals surface area contributed by atoms with Crippen LogP contribution in [0.4, 0.5) is 0 Å². The van der Waals surface area contributed by atoms with Crippen LogP contribution in [0.15, 0.2) is 0 Å². The quantitative estimate of drug-likeness (QED) is 0.765. The summed E-state index contributed by atoms with van der Waals surface area (Å²) in [5, 5.41) is 0. The molecule has 0 aromatic heterocycles. The summed E-state index contributed by atoms with van der Waals surface area (Å²) in [5.41, 5.74) is 5.52. The van der Waals surface area contributed by atoms with Crippen LogP contribution in [0.2, 0.25) is 0 Å². The normalized spacial score (nSPS) is 18.6. The molecule has 0 unspecified atom stereocenters. The van der Waals surface area contributed by atoms with E-state index in [1.165, 1.54) is 0 Å². The second kappa shape index (κ2) is 6.36. The fourth-order valence-corrected chi connectivity index (χ4v) is 2.49. The number of carbonyl (C=O) groups is 1. The summed E-state index contributed by atoms with van der Waals surface area (Å²) in [6.45, 7) is 5.72. The third-order valence-corrected chi connectivity index (χ3v) is 3.63. The Labute approximate surface area is 104 Å². The fraction of sp³-hybridized carbons (Fsp3) is 0.923. The van der Waals surface area contributed by atoms with E-state index in [4.69, 9.17) is 10.5 Å². The van der Waals surface area contributed by atoms with Gasteiger partial charge in [0, 0.05) is 20.1 Å². The van der Waals surface area contributed by atoms with Crippen LogP contribution in [-0.4, -0.2) is 43.7 Å². The summed E-state index contributed by atoms with van der Waals surface area (Å²) in [5.74, 6) is 0.199. The van der Waals surface area contributed by atoms with Crippen molar-refractivity contribution in [2.75, 3.05) is 26.7 Å². The Balaban J connectivity index is 2.44. The van der Waals surface area contributed by atoms with Gasteiger partial charge in [0.05, 0.1) is 18.1 Å². The Hall–Kier alpha value is -0.610. The summed E-state index contributed by atoms with van der Waals surface area (Å²) in [6, 6.07) is 0. The first kappa shape index (κ1) is 14.5. The van der Waals surface area contributed by atoms with Crippen molar-refractivity contribution in [1.29, 1.82) is 0 Å². The monoisotopic (exact) mass is 242 g/mol. The maximum atomic E-state index is 12.4. The Morgan fingerprint density at radius 2 is 2.00 bits per heavy atom. The van der Waals surface area contributed by atoms with E-state index in [9.17, 15) is 4.79 Å². The molecule has 17 heavy (non-hydrogen) atoms. The lowest BCUT2D eigenvalue weighted by molar-refractivity contribution is -0.140. The lowest BCUT2D eigenvalue weighted by Gasteiger charge is -2.31. The smallest absolute Gasteiger partial charge is 0.229 e. The van der Waals surface area contributed by atoms with Crippen molar-refractivity contribution >= 4 is 5.91 Å². The topological polar surface area (TPSA) is 55.6 Å². The minimum atomic E-state index is -0.285. The molecule has 1 amide bonds. The van der Waals surface area contributed by atoms with Gasteiger partial charge in [-0.15, -0.1) is 0 Å². The SMILES string of the molecule is CC(C)OCCN(C)C(=O)C1(CN)CCCC1. The first-order chi connectivity index (χ1) is 8.02. The third kappa shape index (κ3) is 3.68. The molecule has 1 saturated carbocycles. The molecule has 0 atom stereocenters. The lowest BCUT2D eigenvalue weighted by atomic mass is 9.85. The molecule has 0 radical (unpaired) electrons. The van der Waals surface area contributed by atoms with Gasteiger partial charge in [0.2, 0.25) is 5.91 Å². The highest BCUT2D eigenvalue weighted by Gasteiger charge is 2.41. The molecule has 0 heterocycles. The van der Waals surface area contributed by atoms with Gasteiger partial charge in [-0.1, -0.05) is 12.8 Å². The number of nitrogens with zero attached hydrogens (tertiary/aromatic N) is 1. The first-order valence-electron chi connectivity index (χ1n) is 6.59. The van der Waals surface area contributed by atoms with Crippen LogP contribution in [0.5, 0.6) is 0 Å². The van der Waals surface area contributed by atoms with E-state index in [-0.39, 0.29) is 17.4 Å². The molecule has 0 aromatic rings. The molecule has 0 spiro atoms. The van der Waals surface area contributed by atoms with Crippen LogP contribution >= 0.6 is 0 Å². The van der Waals surface area contributed by atoms with Gasteiger partial charge in [0.1, 0.15) is 0 Å². The van der Waals surface area contributed by atoms with E-state index in [1.54, 1.807) is 4.90 Å². The van der Waals surface area contributed by atoms with E-state index in [1.807, 2.05) is 20.9 Å². The fourth-order valence-electron chi connectivity index (χ4n) is 2.49. The minimum absolute atomic E-state index is 0.199. The van der Waals surface area contributed by atoms with Crippen molar-refractivity contribution in [3.05, 3.63) is 0 Å². The Bertz CT molecular complexity index is 248. The Morgan fingerprint density at radius 1 is 1.41 bits per heavy atom. The van der Waals surface area contributed by atoms with Gasteiger partial charge in [-0.2, -0.15) is 0 Å². The predicted octanol–water partition coefficient (Wildman–Crippen LogP) is 1.39. The Morgan fingerprint density at radius 3 is 2.47 bits per heavy atom. The standard InChI is InChI=1S/C13H26N2O2/c1-11(2)17-9-8-15(3)12(16)13(10-14)6-4-5-7-13/h11H,4-10,14H2,1-3H3. The molecule has 0 aliphatic heterocycles. The van der Waals surface area contributed by atoms with Crippen molar-refractivity contribution in [3.8, 4) is 0 Å². The highest BCUT2D eigenvalue weighted by molar-refractivity contribution is 5.83. The molecule has 100 valence electrons. The highest BCUT2D eigenvalue weighted by Crippen LogP contribution is 2.38. The molecule has 1 rings (SSSR count). The molecule has 4 nitrogen and oxygen atoms in total. The number of rotatable bonds is 6. The average Bonchev–Trinajstić information content (AvgIpc) is 2.77. The highest BCUT2D eigenvalue weighted by atomic mass is 16.5. The van der Waals surface area contributed by atoms with E-state index < -0.39 is 0 Å². The second-order valence-electron chi connectivity index (χ2n) is 5.34. The molecule has 0 aromatic carbocycles. The first-order valence-corrected chi connectivity index (χ1v) is 6.59. The zero-order valence-corrected chi connectivity index (χ0v) is 11.4. The largest absolute Gasteiger partial charge is 0.377 e. The summed E-state index contributed by atoms with van der Waals surface area (Å²) in [6.07, 6.45) is 4.35. The van der Waals surface area contributed by atoms with Crippen molar-refractivity contribution in [1.82, 2.24) is 4.90 Å². The zero-order valence-electron chi connectivity index (χ0n) is 11.4. The molecule has 0 saturated heterocycles. The maximum absolute atomic E-state index is 12.4. The second-order valence-corrected chi connectivity index (χ2v) is 5.34. The van der Waals surface area contributed by atoms with E-state index >= 15 is 0 Å². The third-order valence-electron chi connectivity index (χ3n) is 3.63. The van der Waals surface area contributed by atoms with Crippen molar-refractivity contribution in [2.24, 2.45) is 11.1 Å². The van der Waals surface area contributed by atoms with Gasteiger partial charge in [-0.05, 0) is 26.7 Å². The summed E-state index contributed by atoms with van der Waals surface area (Å²) >= 11 is 0. The summed E-state index contributed by atoms with van der Waals surface area (Å²) in [7, 11) is 1.85. The molecular weight excluding hydrogens is 216 g/mol. The maximum Gasteiger partial charge on any atom is 0.229 e. The van der Waals surface area contributed by atoms with E-state index in [0.29, 0.717) is 19.7 Å². The molecule has 0 bridgehead atoms. The molecule has 1 aliphatic rings. The number of likely N-dealkylation sites (N-methyl/N-ethyl adjacent to an activating group) is 1. The van der Waals surface area contributed by atoms with Crippen molar-refractivity contribution in [2.45, 2.75) is 45.6 Å². The van der Waals surface area contributed by atoms with Gasteiger partial charge >= 0.3 is 0 Å². The van der Waals surface area contributed by atoms with Crippen molar-refractivity contribution in [3.63, 3.8) is 0 Å². The molecule has 1 aliphatic carbocycles. The zero-order chi connectivity index (χ0) is 12.9. The number of ether oxygens (including phenoxy) is 1. The van der Waals surface area contributed by atoms with Crippen LogP contribution in [0, 0.1) is 5.41 Å². The number of amides is 1. The number of nitrogens with two attached hydrogens (primary N) is 1. The summed E-state index contributed by atoms with van der Waals surface area (Å²) in [4.78, 5) is 14.1. The van der Waals surface area contributed by atoms with Gasteiger partial charge in [0.25, 0.3) is 0 Å². The van der Waals surface area contributed by atoms with Crippen LogP contribution in [0.25, 0.3) is 0 Å². The number of carbonyl (C=O) groups excluding carboxylic acids is 1. The van der Waals surface area contributed by atoms with Crippen LogP contribution in [0.3, 0.4) is 0 Å². The Kier molecular flexibility index (Phi) is 5.40. The van der Waals surface area contributed by atoms with Crippen LogP contribution < -0.4 is 5.73 Å². The van der Waals surface area contributed by atoms with E-state index in [2.05, 4.69) is 0 Å². The average molecular weight is 242 g/mol. The van der Waals surface area contributed by atoms with Crippen LogP contribution in [-0.2, 0) is 9.53 Å². The molecular formula is C13H26N2O2. The van der Waals surface area contributed by atoms with Crippen molar-refractivity contribution < 1.29 is 9.53 Å². The molecule has 1 fully saturated rings. The predicted molar refractivity (Wildman–Crippen MR) is 68.7 cm³/mol.